The van der Waals surface area contributed by atoms with Crippen molar-refractivity contribution in [2.24, 2.45) is 5.73 Å². The van der Waals surface area contributed by atoms with Gasteiger partial charge in [-0.15, -0.1) is 0 Å². The number of rotatable bonds is 4. The molecule has 6 nitrogen and oxygen atoms in total. The SMILES string of the molecule is Cc1ccc(NC(=O)c2ccc(CNC(N)=O)cc2)c2cccnc12. The molecule has 1 heterocycles. The lowest BCUT2D eigenvalue weighted by Crippen LogP contribution is -2.28. The highest BCUT2D eigenvalue weighted by molar-refractivity contribution is 6.09. The van der Waals surface area contributed by atoms with E-state index < -0.39 is 6.03 Å². The molecule has 126 valence electrons. The summed E-state index contributed by atoms with van der Waals surface area (Å²) in [6.45, 7) is 2.31. The molecule has 4 N–H and O–H groups in total. The molecule has 0 saturated carbocycles. The molecule has 0 aliphatic carbocycles. The Morgan fingerprint density at radius 1 is 1.08 bits per heavy atom. The van der Waals surface area contributed by atoms with Crippen molar-refractivity contribution in [2.75, 3.05) is 5.32 Å². The van der Waals surface area contributed by atoms with Gasteiger partial charge in [0.05, 0.1) is 11.2 Å². The van der Waals surface area contributed by atoms with Gasteiger partial charge in [0.2, 0.25) is 0 Å². The van der Waals surface area contributed by atoms with Crippen molar-refractivity contribution in [3.05, 3.63) is 71.4 Å². The Hall–Kier alpha value is -3.41. The van der Waals surface area contributed by atoms with Crippen LogP contribution in [0.3, 0.4) is 0 Å². The minimum atomic E-state index is -0.582. The molecule has 2 aromatic carbocycles. The third-order valence-electron chi connectivity index (χ3n) is 3.90. The molecule has 0 atom stereocenters. The number of urea groups is 1. The molecule has 1 aromatic heterocycles. The summed E-state index contributed by atoms with van der Waals surface area (Å²) < 4.78 is 0. The molecule has 0 aliphatic heterocycles. The lowest BCUT2D eigenvalue weighted by atomic mass is 10.1. The summed E-state index contributed by atoms with van der Waals surface area (Å²) >= 11 is 0. The van der Waals surface area contributed by atoms with Crippen molar-refractivity contribution in [3.63, 3.8) is 0 Å². The number of anilines is 1. The van der Waals surface area contributed by atoms with Crippen LogP contribution >= 0.6 is 0 Å². The van der Waals surface area contributed by atoms with Gasteiger partial charge in [-0.2, -0.15) is 0 Å². The molecule has 0 radical (unpaired) electrons. The summed E-state index contributed by atoms with van der Waals surface area (Å²) in [5.74, 6) is -0.205. The number of nitrogens with one attached hydrogen (secondary N) is 2. The van der Waals surface area contributed by atoms with Crippen LogP contribution in [0.25, 0.3) is 10.9 Å². The second-order valence-electron chi connectivity index (χ2n) is 5.70. The van der Waals surface area contributed by atoms with Crippen molar-refractivity contribution in [1.82, 2.24) is 10.3 Å². The number of fused-ring (bicyclic) bond motifs is 1. The molecular weight excluding hydrogens is 316 g/mol. The van der Waals surface area contributed by atoms with E-state index in [1.165, 1.54) is 0 Å². The van der Waals surface area contributed by atoms with Crippen LogP contribution in [0.1, 0.15) is 21.5 Å². The Morgan fingerprint density at radius 2 is 1.84 bits per heavy atom. The maximum absolute atomic E-state index is 12.5. The van der Waals surface area contributed by atoms with Gasteiger partial charge < -0.3 is 16.4 Å². The molecule has 3 amide bonds. The highest BCUT2D eigenvalue weighted by atomic mass is 16.2. The molecule has 3 rings (SSSR count). The molecule has 0 saturated heterocycles. The number of amides is 3. The van der Waals surface area contributed by atoms with E-state index in [1.807, 2.05) is 31.2 Å². The monoisotopic (exact) mass is 334 g/mol. The van der Waals surface area contributed by atoms with Crippen molar-refractivity contribution in [2.45, 2.75) is 13.5 Å². The van der Waals surface area contributed by atoms with Gasteiger partial charge in [-0.25, -0.2) is 4.79 Å². The molecular formula is C19H18N4O2. The number of benzene rings is 2. The normalized spacial score (nSPS) is 10.4. The van der Waals surface area contributed by atoms with Gasteiger partial charge in [0.25, 0.3) is 5.91 Å². The van der Waals surface area contributed by atoms with Gasteiger partial charge in [0.15, 0.2) is 0 Å². The average Bonchev–Trinajstić information content (AvgIpc) is 2.63. The molecule has 0 bridgehead atoms. The van der Waals surface area contributed by atoms with Crippen molar-refractivity contribution >= 4 is 28.5 Å². The van der Waals surface area contributed by atoms with Crippen LogP contribution in [0.5, 0.6) is 0 Å². The fourth-order valence-corrected chi connectivity index (χ4v) is 2.58. The van der Waals surface area contributed by atoms with Crippen LogP contribution in [-0.4, -0.2) is 16.9 Å². The highest BCUT2D eigenvalue weighted by Gasteiger charge is 2.10. The van der Waals surface area contributed by atoms with Gasteiger partial charge in [0.1, 0.15) is 0 Å². The first-order valence-corrected chi connectivity index (χ1v) is 7.82. The van der Waals surface area contributed by atoms with Gasteiger partial charge >= 0.3 is 6.03 Å². The number of hydrogen-bond donors (Lipinski definition) is 3. The summed E-state index contributed by atoms with van der Waals surface area (Å²) in [5, 5.41) is 6.34. The third-order valence-corrected chi connectivity index (χ3v) is 3.90. The molecule has 6 heteroatoms. The van der Waals surface area contributed by atoms with Crippen LogP contribution in [-0.2, 0) is 6.54 Å². The summed E-state index contributed by atoms with van der Waals surface area (Å²) in [6, 6.07) is 14.0. The van der Waals surface area contributed by atoms with E-state index in [0.717, 1.165) is 27.7 Å². The van der Waals surface area contributed by atoms with Gasteiger partial charge in [-0.1, -0.05) is 18.2 Å². The van der Waals surface area contributed by atoms with E-state index in [-0.39, 0.29) is 5.91 Å². The molecule has 3 aromatic rings. The lowest BCUT2D eigenvalue weighted by Gasteiger charge is -2.10. The van der Waals surface area contributed by atoms with Crippen molar-refractivity contribution in [3.8, 4) is 0 Å². The summed E-state index contributed by atoms with van der Waals surface area (Å²) in [7, 11) is 0. The summed E-state index contributed by atoms with van der Waals surface area (Å²) in [6.07, 6.45) is 1.74. The van der Waals surface area contributed by atoms with Crippen LogP contribution < -0.4 is 16.4 Å². The maximum atomic E-state index is 12.5. The van der Waals surface area contributed by atoms with E-state index in [2.05, 4.69) is 15.6 Å². The quantitative estimate of drug-likeness (QED) is 0.684. The van der Waals surface area contributed by atoms with E-state index in [0.29, 0.717) is 12.1 Å². The average molecular weight is 334 g/mol. The minimum absolute atomic E-state index is 0.205. The number of aromatic nitrogens is 1. The van der Waals surface area contributed by atoms with E-state index in [4.69, 9.17) is 5.73 Å². The number of primary amides is 1. The Balaban J connectivity index is 1.79. The second kappa shape index (κ2) is 7.00. The fraction of sp³-hybridized carbons (Fsp3) is 0.105. The summed E-state index contributed by atoms with van der Waals surface area (Å²) in [4.78, 5) is 27.6. The first-order valence-electron chi connectivity index (χ1n) is 7.82. The zero-order valence-electron chi connectivity index (χ0n) is 13.7. The zero-order valence-corrected chi connectivity index (χ0v) is 13.7. The number of nitrogens with zero attached hydrogens (tertiary/aromatic N) is 1. The van der Waals surface area contributed by atoms with Crippen LogP contribution in [0.15, 0.2) is 54.7 Å². The topological polar surface area (TPSA) is 97.1 Å². The number of nitrogens with two attached hydrogens (primary N) is 1. The molecule has 0 spiro atoms. The summed E-state index contributed by atoms with van der Waals surface area (Å²) in [5.41, 5.74) is 9.08. The third kappa shape index (κ3) is 3.74. The maximum Gasteiger partial charge on any atom is 0.312 e. The lowest BCUT2D eigenvalue weighted by molar-refractivity contribution is 0.102. The Bertz CT molecular complexity index is 936. The van der Waals surface area contributed by atoms with Crippen LogP contribution in [0.4, 0.5) is 10.5 Å². The smallest absolute Gasteiger partial charge is 0.312 e. The number of hydrogen-bond acceptors (Lipinski definition) is 3. The molecule has 25 heavy (non-hydrogen) atoms. The minimum Gasteiger partial charge on any atom is -0.352 e. The molecule has 0 aliphatic rings. The van der Waals surface area contributed by atoms with Gasteiger partial charge in [-0.05, 0) is 48.4 Å². The zero-order chi connectivity index (χ0) is 17.8. The number of carbonyl (C=O) groups excluding carboxylic acids is 2. The van der Waals surface area contributed by atoms with Crippen LogP contribution in [0.2, 0.25) is 0 Å². The first kappa shape index (κ1) is 16.4. The van der Waals surface area contributed by atoms with Crippen molar-refractivity contribution < 1.29 is 9.59 Å². The van der Waals surface area contributed by atoms with Gasteiger partial charge in [-0.3, -0.25) is 9.78 Å². The molecule has 0 fully saturated rings. The fourth-order valence-electron chi connectivity index (χ4n) is 2.58. The Morgan fingerprint density at radius 3 is 2.56 bits per heavy atom. The van der Waals surface area contributed by atoms with Crippen molar-refractivity contribution in [1.29, 1.82) is 0 Å². The van der Waals surface area contributed by atoms with E-state index in [1.54, 1.807) is 30.5 Å². The standard InChI is InChI=1S/C19H18N4O2/c1-12-4-9-16(15-3-2-10-21-17(12)15)23-18(24)14-7-5-13(6-8-14)11-22-19(20)25/h2-10H,11H2,1H3,(H,23,24)(H3,20,22,25). The predicted octanol–water partition coefficient (Wildman–Crippen LogP) is 2.96. The molecule has 0 unspecified atom stereocenters. The highest BCUT2D eigenvalue weighted by Crippen LogP contribution is 2.25. The van der Waals surface area contributed by atoms with E-state index in [9.17, 15) is 9.59 Å². The number of carbonyl (C=O) groups is 2. The largest absolute Gasteiger partial charge is 0.352 e. The number of pyridine rings is 1. The second-order valence-corrected chi connectivity index (χ2v) is 5.70. The van der Waals surface area contributed by atoms with Crippen LogP contribution in [0, 0.1) is 6.92 Å². The van der Waals surface area contributed by atoms with E-state index >= 15 is 0 Å². The predicted molar refractivity (Wildman–Crippen MR) is 97.3 cm³/mol. The Labute approximate surface area is 145 Å². The number of aryl methyl sites for hydroxylation is 1. The first-order chi connectivity index (χ1) is 12.0. The Kier molecular flexibility index (Phi) is 4.61. The van der Waals surface area contributed by atoms with Gasteiger partial charge in [0, 0.05) is 23.7 Å².